The van der Waals surface area contributed by atoms with Crippen LogP contribution in [0.2, 0.25) is 0 Å². The van der Waals surface area contributed by atoms with Crippen LogP contribution in [0.3, 0.4) is 0 Å². The second-order valence-electron chi connectivity index (χ2n) is 5.56. The van der Waals surface area contributed by atoms with Crippen molar-refractivity contribution in [3.05, 3.63) is 35.1 Å². The van der Waals surface area contributed by atoms with Gasteiger partial charge in [0.1, 0.15) is 5.82 Å². The molecule has 20 heavy (non-hydrogen) atoms. The van der Waals surface area contributed by atoms with Crippen LogP contribution in [-0.4, -0.2) is 31.4 Å². The first-order valence-electron chi connectivity index (χ1n) is 6.65. The summed E-state index contributed by atoms with van der Waals surface area (Å²) in [6.07, 6.45) is -0.0408. The molecule has 0 bridgehead atoms. The molecule has 1 aliphatic heterocycles. The molecule has 0 amide bonds. The standard InChI is InChI=1S/C15H19FN2O2/c1-15(2)10-18-7-13(20-15)9-19-8-12-5-11(6-17)3-4-14(12)16/h3-5,13,18H,7-10H2,1-2H3. The summed E-state index contributed by atoms with van der Waals surface area (Å²) >= 11 is 0. The molecule has 0 saturated carbocycles. The van der Waals surface area contributed by atoms with Gasteiger partial charge in [-0.3, -0.25) is 0 Å². The molecule has 1 aromatic carbocycles. The van der Waals surface area contributed by atoms with Gasteiger partial charge in [-0.1, -0.05) is 0 Å². The second-order valence-corrected chi connectivity index (χ2v) is 5.56. The van der Waals surface area contributed by atoms with Gasteiger partial charge in [-0.25, -0.2) is 4.39 Å². The summed E-state index contributed by atoms with van der Waals surface area (Å²) in [4.78, 5) is 0. The van der Waals surface area contributed by atoms with E-state index in [2.05, 4.69) is 5.32 Å². The molecule has 1 N–H and O–H groups in total. The van der Waals surface area contributed by atoms with Gasteiger partial charge < -0.3 is 14.8 Å². The Kier molecular flexibility index (Phi) is 4.71. The number of ether oxygens (including phenoxy) is 2. The summed E-state index contributed by atoms with van der Waals surface area (Å²) < 4.78 is 24.9. The molecule has 1 unspecified atom stereocenters. The molecule has 1 fully saturated rings. The quantitative estimate of drug-likeness (QED) is 0.915. The fraction of sp³-hybridized carbons (Fsp3) is 0.533. The third-order valence-corrected chi connectivity index (χ3v) is 3.14. The average Bonchev–Trinajstić information content (AvgIpc) is 2.40. The maximum absolute atomic E-state index is 13.6. The molecule has 1 atom stereocenters. The van der Waals surface area contributed by atoms with E-state index in [4.69, 9.17) is 14.7 Å². The van der Waals surface area contributed by atoms with Crippen molar-refractivity contribution in [1.29, 1.82) is 5.26 Å². The molecule has 0 aliphatic carbocycles. The Morgan fingerprint density at radius 2 is 2.35 bits per heavy atom. The van der Waals surface area contributed by atoms with Gasteiger partial charge in [-0.05, 0) is 32.0 Å². The Balaban J connectivity index is 1.86. The number of morpholine rings is 1. The highest BCUT2D eigenvalue weighted by Crippen LogP contribution is 2.16. The number of hydrogen-bond donors (Lipinski definition) is 1. The summed E-state index contributed by atoms with van der Waals surface area (Å²) in [5.74, 6) is -0.355. The zero-order chi connectivity index (χ0) is 14.6. The third-order valence-electron chi connectivity index (χ3n) is 3.14. The maximum Gasteiger partial charge on any atom is 0.128 e. The number of rotatable bonds is 4. The molecule has 1 aliphatic rings. The highest BCUT2D eigenvalue weighted by atomic mass is 19.1. The topological polar surface area (TPSA) is 54.3 Å². The fourth-order valence-electron chi connectivity index (χ4n) is 2.22. The van der Waals surface area contributed by atoms with Gasteiger partial charge in [0.15, 0.2) is 0 Å². The molecule has 5 heteroatoms. The van der Waals surface area contributed by atoms with Crippen molar-refractivity contribution in [2.75, 3.05) is 19.7 Å². The van der Waals surface area contributed by atoms with E-state index in [0.717, 1.165) is 13.1 Å². The molecule has 4 nitrogen and oxygen atoms in total. The Morgan fingerprint density at radius 3 is 3.05 bits per heavy atom. The Morgan fingerprint density at radius 1 is 1.55 bits per heavy atom. The van der Waals surface area contributed by atoms with Crippen LogP contribution in [0.1, 0.15) is 25.0 Å². The molecule has 0 aromatic heterocycles. The van der Waals surface area contributed by atoms with Crippen molar-refractivity contribution in [1.82, 2.24) is 5.32 Å². The van der Waals surface area contributed by atoms with E-state index in [1.54, 1.807) is 0 Å². The lowest BCUT2D eigenvalue weighted by atomic mass is 10.1. The zero-order valence-corrected chi connectivity index (χ0v) is 11.8. The summed E-state index contributed by atoms with van der Waals surface area (Å²) in [5.41, 5.74) is 0.618. The largest absolute Gasteiger partial charge is 0.374 e. The minimum absolute atomic E-state index is 0.0408. The summed E-state index contributed by atoms with van der Waals surface area (Å²) in [5, 5.41) is 12.1. The van der Waals surface area contributed by atoms with Crippen LogP contribution in [0.15, 0.2) is 18.2 Å². The molecular formula is C15H19FN2O2. The minimum Gasteiger partial charge on any atom is -0.374 e. The lowest BCUT2D eigenvalue weighted by Gasteiger charge is -2.36. The van der Waals surface area contributed by atoms with Crippen molar-refractivity contribution < 1.29 is 13.9 Å². The average molecular weight is 278 g/mol. The Bertz CT molecular complexity index is 511. The Hall–Kier alpha value is -1.48. The number of halogens is 1. The SMILES string of the molecule is CC1(C)CNCC(COCc2cc(C#N)ccc2F)O1. The maximum atomic E-state index is 13.6. The van der Waals surface area contributed by atoms with E-state index >= 15 is 0 Å². The number of nitrogens with one attached hydrogen (secondary N) is 1. The first kappa shape index (κ1) is 14.9. The van der Waals surface area contributed by atoms with Crippen molar-refractivity contribution >= 4 is 0 Å². The van der Waals surface area contributed by atoms with Crippen molar-refractivity contribution in [2.45, 2.75) is 32.2 Å². The highest BCUT2D eigenvalue weighted by molar-refractivity contribution is 5.33. The van der Waals surface area contributed by atoms with Crippen LogP contribution in [-0.2, 0) is 16.1 Å². The van der Waals surface area contributed by atoms with Crippen LogP contribution in [0.5, 0.6) is 0 Å². The van der Waals surface area contributed by atoms with Gasteiger partial charge in [0, 0.05) is 18.7 Å². The molecular weight excluding hydrogens is 259 g/mol. The van der Waals surface area contributed by atoms with Gasteiger partial charge >= 0.3 is 0 Å². The lowest BCUT2D eigenvalue weighted by Crippen LogP contribution is -2.51. The van der Waals surface area contributed by atoms with E-state index in [1.165, 1.54) is 18.2 Å². The van der Waals surface area contributed by atoms with E-state index in [0.29, 0.717) is 17.7 Å². The van der Waals surface area contributed by atoms with Crippen LogP contribution in [0.4, 0.5) is 4.39 Å². The van der Waals surface area contributed by atoms with Crippen LogP contribution < -0.4 is 5.32 Å². The Labute approximate surface area is 118 Å². The van der Waals surface area contributed by atoms with Crippen LogP contribution >= 0.6 is 0 Å². The monoisotopic (exact) mass is 278 g/mol. The number of benzene rings is 1. The van der Waals surface area contributed by atoms with Gasteiger partial charge in [0.05, 0.1) is 36.6 Å². The second kappa shape index (κ2) is 6.31. The van der Waals surface area contributed by atoms with Crippen molar-refractivity contribution in [3.63, 3.8) is 0 Å². The first-order chi connectivity index (χ1) is 9.50. The van der Waals surface area contributed by atoms with E-state index in [1.807, 2.05) is 19.9 Å². The van der Waals surface area contributed by atoms with E-state index in [9.17, 15) is 4.39 Å². The van der Waals surface area contributed by atoms with Crippen LogP contribution in [0.25, 0.3) is 0 Å². The molecule has 1 saturated heterocycles. The minimum atomic E-state index is -0.355. The van der Waals surface area contributed by atoms with Gasteiger partial charge in [0.2, 0.25) is 0 Å². The van der Waals surface area contributed by atoms with Crippen molar-refractivity contribution in [2.24, 2.45) is 0 Å². The summed E-state index contributed by atoms with van der Waals surface area (Å²) in [6, 6.07) is 6.25. The van der Waals surface area contributed by atoms with Crippen molar-refractivity contribution in [3.8, 4) is 6.07 Å². The number of nitriles is 1. The molecule has 0 radical (unpaired) electrons. The number of hydrogen-bond acceptors (Lipinski definition) is 4. The number of nitrogens with zero attached hydrogens (tertiary/aromatic N) is 1. The smallest absolute Gasteiger partial charge is 0.128 e. The first-order valence-corrected chi connectivity index (χ1v) is 6.65. The lowest BCUT2D eigenvalue weighted by molar-refractivity contribution is -0.122. The molecule has 1 heterocycles. The highest BCUT2D eigenvalue weighted by Gasteiger charge is 2.28. The van der Waals surface area contributed by atoms with Gasteiger partial charge in [-0.15, -0.1) is 0 Å². The van der Waals surface area contributed by atoms with E-state index in [-0.39, 0.29) is 24.1 Å². The third kappa shape index (κ3) is 4.01. The summed E-state index contributed by atoms with van der Waals surface area (Å²) in [7, 11) is 0. The molecule has 108 valence electrons. The normalized spacial score (nSPS) is 21.4. The van der Waals surface area contributed by atoms with Gasteiger partial charge in [0.25, 0.3) is 0 Å². The predicted molar refractivity (Wildman–Crippen MR) is 72.6 cm³/mol. The van der Waals surface area contributed by atoms with Gasteiger partial charge in [-0.2, -0.15) is 5.26 Å². The van der Waals surface area contributed by atoms with Crippen LogP contribution in [0, 0.1) is 17.1 Å². The molecule has 1 aromatic rings. The molecule has 0 spiro atoms. The van der Waals surface area contributed by atoms with E-state index < -0.39 is 0 Å². The summed E-state index contributed by atoms with van der Waals surface area (Å²) in [6.45, 7) is 6.10. The zero-order valence-electron chi connectivity index (χ0n) is 11.8. The fourth-order valence-corrected chi connectivity index (χ4v) is 2.22. The molecule has 2 rings (SSSR count). The predicted octanol–water partition coefficient (Wildman–Crippen LogP) is 1.98.